The van der Waals surface area contributed by atoms with Crippen molar-refractivity contribution in [1.29, 1.82) is 0 Å². The van der Waals surface area contributed by atoms with Crippen LogP contribution in [0.5, 0.6) is 0 Å². The maximum absolute atomic E-state index is 12.4. The van der Waals surface area contributed by atoms with Crippen molar-refractivity contribution >= 4 is 11.6 Å². The zero-order valence-electron chi connectivity index (χ0n) is 15.3. The van der Waals surface area contributed by atoms with Crippen LogP contribution in [0.4, 0.5) is 5.69 Å². The maximum Gasteiger partial charge on any atom is 0.345 e. The Balaban J connectivity index is 1.33. The third-order valence-electron chi connectivity index (χ3n) is 5.22. The van der Waals surface area contributed by atoms with E-state index in [1.165, 1.54) is 11.3 Å². The average Bonchev–Trinajstić information content (AvgIpc) is 3.24. The Morgan fingerprint density at radius 2 is 2.12 bits per heavy atom. The Bertz CT molecular complexity index is 865. The highest BCUT2D eigenvalue weighted by Gasteiger charge is 2.22. The van der Waals surface area contributed by atoms with E-state index in [2.05, 4.69) is 44.6 Å². The Morgan fingerprint density at radius 3 is 2.96 bits per heavy atom. The number of hydrogen-bond acceptors (Lipinski definition) is 3. The number of hydrogen-bond donors (Lipinski definition) is 1. The Morgan fingerprint density at radius 1 is 1.23 bits per heavy atom. The largest absolute Gasteiger partial charge is 0.356 e. The van der Waals surface area contributed by atoms with Gasteiger partial charge in [0.1, 0.15) is 5.82 Å². The fourth-order valence-electron chi connectivity index (χ4n) is 3.88. The number of nitrogens with one attached hydrogen (secondary N) is 1. The van der Waals surface area contributed by atoms with Gasteiger partial charge in [-0.1, -0.05) is 18.2 Å². The molecule has 138 valence electrons. The molecule has 0 spiro atoms. The standard InChI is InChI=1S/C19H26N6O/c1-20-18(23-14-10-15-7-2-3-8-16(15)23)21-11-6-13-25-19(26)24-12-5-4-9-17(24)22-25/h2-3,7-8H,4-6,9-14H2,1H3,(H,20,21). The Hall–Kier alpha value is -2.57. The predicted molar refractivity (Wildman–Crippen MR) is 103 cm³/mol. The number of aromatic nitrogens is 3. The molecule has 0 atom stereocenters. The summed E-state index contributed by atoms with van der Waals surface area (Å²) in [5.74, 6) is 1.84. The number of para-hydroxylation sites is 1. The van der Waals surface area contributed by atoms with Gasteiger partial charge in [-0.3, -0.25) is 9.56 Å². The lowest BCUT2D eigenvalue weighted by Gasteiger charge is -2.22. The molecule has 0 aliphatic carbocycles. The van der Waals surface area contributed by atoms with Crippen LogP contribution in [0.2, 0.25) is 0 Å². The van der Waals surface area contributed by atoms with Gasteiger partial charge in [0.05, 0.1) is 0 Å². The maximum atomic E-state index is 12.4. The van der Waals surface area contributed by atoms with Gasteiger partial charge in [-0.2, -0.15) is 5.10 Å². The lowest BCUT2D eigenvalue weighted by Crippen LogP contribution is -2.41. The highest BCUT2D eigenvalue weighted by Crippen LogP contribution is 2.27. The van der Waals surface area contributed by atoms with E-state index < -0.39 is 0 Å². The van der Waals surface area contributed by atoms with Crippen molar-refractivity contribution in [2.24, 2.45) is 4.99 Å². The minimum Gasteiger partial charge on any atom is -0.356 e. The van der Waals surface area contributed by atoms with Crippen LogP contribution in [0.25, 0.3) is 0 Å². The van der Waals surface area contributed by atoms with Crippen molar-refractivity contribution < 1.29 is 0 Å². The molecule has 0 bridgehead atoms. The summed E-state index contributed by atoms with van der Waals surface area (Å²) in [4.78, 5) is 19.0. The summed E-state index contributed by atoms with van der Waals surface area (Å²) in [6, 6.07) is 8.47. The molecule has 0 unspecified atom stereocenters. The molecular weight excluding hydrogens is 328 g/mol. The molecule has 4 rings (SSSR count). The SMILES string of the molecule is CN=C(NCCCn1nc2n(c1=O)CCCC2)N1CCc2ccccc21. The smallest absolute Gasteiger partial charge is 0.345 e. The molecule has 1 N–H and O–H groups in total. The van der Waals surface area contributed by atoms with Crippen molar-refractivity contribution in [3.8, 4) is 0 Å². The zero-order chi connectivity index (χ0) is 17.9. The van der Waals surface area contributed by atoms with Crippen molar-refractivity contribution in [3.05, 3.63) is 46.1 Å². The first-order valence-electron chi connectivity index (χ1n) is 9.50. The van der Waals surface area contributed by atoms with Gasteiger partial charge in [-0.15, -0.1) is 0 Å². The molecule has 1 aromatic carbocycles. The molecule has 2 aliphatic heterocycles. The van der Waals surface area contributed by atoms with Gasteiger partial charge in [0.15, 0.2) is 5.96 Å². The van der Waals surface area contributed by atoms with Crippen LogP contribution in [0.1, 0.15) is 30.7 Å². The summed E-state index contributed by atoms with van der Waals surface area (Å²) in [6.45, 7) is 3.17. The van der Waals surface area contributed by atoms with Gasteiger partial charge in [-0.05, 0) is 37.3 Å². The van der Waals surface area contributed by atoms with E-state index >= 15 is 0 Å². The number of fused-ring (bicyclic) bond motifs is 2. The second-order valence-corrected chi connectivity index (χ2v) is 6.89. The fourth-order valence-corrected chi connectivity index (χ4v) is 3.88. The summed E-state index contributed by atoms with van der Waals surface area (Å²) in [5, 5.41) is 7.92. The molecule has 0 radical (unpaired) electrons. The summed E-state index contributed by atoms with van der Waals surface area (Å²) in [7, 11) is 1.82. The van der Waals surface area contributed by atoms with Crippen molar-refractivity contribution in [1.82, 2.24) is 19.7 Å². The average molecular weight is 354 g/mol. The summed E-state index contributed by atoms with van der Waals surface area (Å²) >= 11 is 0. The van der Waals surface area contributed by atoms with Gasteiger partial charge in [0, 0.05) is 45.3 Å². The zero-order valence-corrected chi connectivity index (χ0v) is 15.3. The van der Waals surface area contributed by atoms with Crippen LogP contribution < -0.4 is 15.9 Å². The quantitative estimate of drug-likeness (QED) is 0.512. The highest BCUT2D eigenvalue weighted by atomic mass is 16.2. The first kappa shape index (κ1) is 16.9. The normalized spacial score (nSPS) is 16.5. The van der Waals surface area contributed by atoms with E-state index in [9.17, 15) is 4.79 Å². The van der Waals surface area contributed by atoms with Gasteiger partial charge >= 0.3 is 5.69 Å². The highest BCUT2D eigenvalue weighted by molar-refractivity contribution is 5.97. The minimum absolute atomic E-state index is 0.0394. The van der Waals surface area contributed by atoms with E-state index in [4.69, 9.17) is 0 Å². The topological polar surface area (TPSA) is 67.5 Å². The van der Waals surface area contributed by atoms with Crippen LogP contribution in [0, 0.1) is 0 Å². The van der Waals surface area contributed by atoms with Gasteiger partial charge < -0.3 is 10.2 Å². The lowest BCUT2D eigenvalue weighted by atomic mass is 10.2. The molecule has 0 saturated carbocycles. The number of aliphatic imine (C=N–C) groups is 1. The molecule has 7 heteroatoms. The molecule has 2 aromatic rings. The molecular formula is C19H26N6O. The summed E-state index contributed by atoms with van der Waals surface area (Å²) < 4.78 is 3.45. The predicted octanol–water partition coefficient (Wildman–Crippen LogP) is 1.41. The Kier molecular flexibility index (Phi) is 4.77. The monoisotopic (exact) mass is 354 g/mol. The molecule has 0 fully saturated rings. The molecule has 0 amide bonds. The van der Waals surface area contributed by atoms with Crippen LogP contribution in [-0.2, 0) is 25.9 Å². The molecule has 2 aliphatic rings. The Labute approximate surface area is 153 Å². The number of rotatable bonds is 4. The summed E-state index contributed by atoms with van der Waals surface area (Å²) in [6.07, 6.45) is 5.01. The van der Waals surface area contributed by atoms with Gasteiger partial charge in [0.2, 0.25) is 0 Å². The summed E-state index contributed by atoms with van der Waals surface area (Å²) in [5.41, 5.74) is 2.64. The van der Waals surface area contributed by atoms with E-state index in [-0.39, 0.29) is 5.69 Å². The fraction of sp³-hybridized carbons (Fsp3) is 0.526. The first-order chi connectivity index (χ1) is 12.8. The number of benzene rings is 1. The van der Waals surface area contributed by atoms with Crippen LogP contribution in [0.3, 0.4) is 0 Å². The number of nitrogens with zero attached hydrogens (tertiary/aromatic N) is 5. The second kappa shape index (κ2) is 7.35. The van der Waals surface area contributed by atoms with Gasteiger partial charge in [-0.25, -0.2) is 9.48 Å². The van der Waals surface area contributed by atoms with E-state index in [1.807, 2.05) is 11.6 Å². The van der Waals surface area contributed by atoms with Crippen molar-refractivity contribution in [2.45, 2.75) is 45.2 Å². The molecule has 3 heterocycles. The third-order valence-corrected chi connectivity index (χ3v) is 5.22. The number of anilines is 1. The molecule has 26 heavy (non-hydrogen) atoms. The van der Waals surface area contributed by atoms with E-state index in [1.54, 1.807) is 4.68 Å². The second-order valence-electron chi connectivity index (χ2n) is 6.89. The molecule has 7 nitrogen and oxygen atoms in total. The van der Waals surface area contributed by atoms with Crippen molar-refractivity contribution in [3.63, 3.8) is 0 Å². The van der Waals surface area contributed by atoms with Crippen LogP contribution in [-0.4, -0.2) is 40.4 Å². The number of guanidine groups is 1. The minimum atomic E-state index is 0.0394. The van der Waals surface area contributed by atoms with Crippen molar-refractivity contribution in [2.75, 3.05) is 25.0 Å². The van der Waals surface area contributed by atoms with Crippen LogP contribution in [0.15, 0.2) is 34.1 Å². The first-order valence-corrected chi connectivity index (χ1v) is 9.50. The number of aryl methyl sites for hydroxylation is 2. The third kappa shape index (κ3) is 3.13. The van der Waals surface area contributed by atoms with Crippen LogP contribution >= 0.6 is 0 Å². The molecule has 0 saturated heterocycles. The lowest BCUT2D eigenvalue weighted by molar-refractivity contribution is 0.509. The van der Waals surface area contributed by atoms with E-state index in [0.717, 1.165) is 63.5 Å². The van der Waals surface area contributed by atoms with E-state index in [0.29, 0.717) is 6.54 Å². The van der Waals surface area contributed by atoms with Gasteiger partial charge in [0.25, 0.3) is 0 Å². The molecule has 1 aromatic heterocycles.